The Morgan fingerprint density at radius 3 is 2.14 bits per heavy atom. The van der Waals surface area contributed by atoms with E-state index in [9.17, 15) is 0 Å². The first-order chi connectivity index (χ1) is 17.4. The third-order valence-corrected chi connectivity index (χ3v) is 7.05. The summed E-state index contributed by atoms with van der Waals surface area (Å²) in [5.74, 6) is 1.46. The zero-order valence-corrected chi connectivity index (χ0v) is 21.4. The van der Waals surface area contributed by atoms with Crippen LogP contribution in [0.4, 0.5) is 17.3 Å². The number of nitrogens with one attached hydrogen (secondary N) is 1. The average Bonchev–Trinajstić information content (AvgIpc) is 3.35. The molecule has 36 heavy (non-hydrogen) atoms. The molecule has 4 aromatic rings. The minimum Gasteiger partial charge on any atom is -0.480 e. The highest BCUT2D eigenvalue weighted by molar-refractivity contribution is 6.30. The Labute approximate surface area is 215 Å². The minimum absolute atomic E-state index is 0.208. The molecule has 0 saturated heterocycles. The van der Waals surface area contributed by atoms with Crippen LogP contribution in [0.2, 0.25) is 5.02 Å². The van der Waals surface area contributed by atoms with E-state index in [0.717, 1.165) is 45.1 Å². The molecule has 8 heteroatoms. The summed E-state index contributed by atoms with van der Waals surface area (Å²) < 4.78 is 8.64. The molecule has 2 aliphatic heterocycles. The Hall–Kier alpha value is -3.97. The predicted molar refractivity (Wildman–Crippen MR) is 145 cm³/mol. The van der Waals surface area contributed by atoms with Crippen LogP contribution in [0, 0.1) is 0 Å². The summed E-state index contributed by atoms with van der Waals surface area (Å²) in [6.07, 6.45) is 1.26. The topological polar surface area (TPSA) is 58.5 Å². The van der Waals surface area contributed by atoms with Crippen molar-refractivity contribution in [2.24, 2.45) is 0 Å². The standard InChI is InChI=1S/C28H27ClN6O/c1-33(2)20-10-5-17(6-11-20)26-24-25(32-28-30-16-31-35(26)28)22-15-19(29)9-14-23(22)36-27(24)18-7-12-21(13-8-18)34(3)4/h5-16,26-27H,1-4H3,(H,30,31,32). The van der Waals surface area contributed by atoms with Crippen molar-refractivity contribution in [3.8, 4) is 5.75 Å². The van der Waals surface area contributed by atoms with Gasteiger partial charge in [-0.1, -0.05) is 35.9 Å². The Balaban J connectivity index is 1.57. The van der Waals surface area contributed by atoms with E-state index in [-0.39, 0.29) is 12.1 Å². The molecule has 0 spiro atoms. The lowest BCUT2D eigenvalue weighted by Gasteiger charge is -2.39. The average molecular weight is 499 g/mol. The number of aromatic nitrogens is 3. The van der Waals surface area contributed by atoms with Crippen molar-refractivity contribution in [2.45, 2.75) is 12.1 Å². The highest BCUT2D eigenvalue weighted by atomic mass is 35.5. The number of fused-ring (bicyclic) bond motifs is 3. The smallest absolute Gasteiger partial charge is 0.226 e. The molecule has 2 unspecified atom stereocenters. The lowest BCUT2D eigenvalue weighted by molar-refractivity contribution is 0.223. The largest absolute Gasteiger partial charge is 0.480 e. The molecule has 2 aliphatic rings. The van der Waals surface area contributed by atoms with Gasteiger partial charge in [0.15, 0.2) is 0 Å². The summed E-state index contributed by atoms with van der Waals surface area (Å²) >= 11 is 6.44. The van der Waals surface area contributed by atoms with Crippen molar-refractivity contribution in [1.29, 1.82) is 0 Å². The van der Waals surface area contributed by atoms with E-state index in [0.29, 0.717) is 11.0 Å². The summed E-state index contributed by atoms with van der Waals surface area (Å²) in [5, 5.41) is 8.80. The molecule has 0 saturated carbocycles. The van der Waals surface area contributed by atoms with E-state index in [1.807, 2.05) is 51.1 Å². The van der Waals surface area contributed by atoms with Gasteiger partial charge in [-0.25, -0.2) is 4.68 Å². The van der Waals surface area contributed by atoms with Crippen LogP contribution >= 0.6 is 11.6 Å². The quantitative estimate of drug-likeness (QED) is 0.394. The molecule has 1 N–H and O–H groups in total. The SMILES string of the molecule is CN(C)c1ccc(C2Oc3ccc(Cl)cc3C3=C2C(c2ccc(N(C)C)cc2)n2ncnc2N3)cc1. The van der Waals surface area contributed by atoms with Gasteiger partial charge in [0.2, 0.25) is 5.95 Å². The first kappa shape index (κ1) is 22.5. The Kier molecular flexibility index (Phi) is 5.38. The summed E-state index contributed by atoms with van der Waals surface area (Å²) in [7, 11) is 8.16. The normalized spacial score (nSPS) is 17.9. The number of hydrogen-bond acceptors (Lipinski definition) is 6. The lowest BCUT2D eigenvalue weighted by atomic mass is 9.84. The third-order valence-electron chi connectivity index (χ3n) is 6.81. The molecule has 0 radical (unpaired) electrons. The van der Waals surface area contributed by atoms with Gasteiger partial charge in [-0.3, -0.25) is 0 Å². The fourth-order valence-electron chi connectivity index (χ4n) is 4.94. The second-order valence-corrected chi connectivity index (χ2v) is 9.93. The fourth-order valence-corrected chi connectivity index (χ4v) is 5.11. The van der Waals surface area contributed by atoms with Gasteiger partial charge in [-0.15, -0.1) is 0 Å². The first-order valence-electron chi connectivity index (χ1n) is 11.8. The summed E-state index contributed by atoms with van der Waals surface area (Å²) in [4.78, 5) is 8.69. The zero-order valence-electron chi connectivity index (χ0n) is 20.6. The molecule has 7 nitrogen and oxygen atoms in total. The van der Waals surface area contributed by atoms with Crippen LogP contribution in [-0.2, 0) is 0 Å². The molecule has 0 fully saturated rings. The van der Waals surface area contributed by atoms with E-state index < -0.39 is 0 Å². The maximum Gasteiger partial charge on any atom is 0.226 e. The molecule has 3 aromatic carbocycles. The maximum absolute atomic E-state index is 6.71. The molecule has 0 bridgehead atoms. The van der Waals surface area contributed by atoms with Crippen molar-refractivity contribution < 1.29 is 4.74 Å². The van der Waals surface area contributed by atoms with Gasteiger partial charge >= 0.3 is 0 Å². The van der Waals surface area contributed by atoms with Crippen LogP contribution in [0.25, 0.3) is 5.70 Å². The number of rotatable bonds is 4. The van der Waals surface area contributed by atoms with Gasteiger partial charge < -0.3 is 19.9 Å². The molecule has 2 atom stereocenters. The van der Waals surface area contributed by atoms with Gasteiger partial charge in [0.25, 0.3) is 0 Å². The van der Waals surface area contributed by atoms with Crippen LogP contribution in [-0.4, -0.2) is 43.0 Å². The number of halogens is 1. The van der Waals surface area contributed by atoms with Crippen molar-refractivity contribution in [3.05, 3.63) is 100 Å². The van der Waals surface area contributed by atoms with Crippen LogP contribution in [0.5, 0.6) is 5.75 Å². The highest BCUT2D eigenvalue weighted by Gasteiger charge is 2.41. The van der Waals surface area contributed by atoms with E-state index in [1.165, 1.54) is 0 Å². The number of benzene rings is 3. The van der Waals surface area contributed by atoms with Gasteiger partial charge in [0, 0.05) is 55.7 Å². The Morgan fingerprint density at radius 2 is 1.50 bits per heavy atom. The fraction of sp³-hybridized carbons (Fsp3) is 0.214. The third kappa shape index (κ3) is 3.67. The second kappa shape index (κ2) is 8.60. The number of nitrogens with zero attached hydrogens (tertiary/aromatic N) is 5. The summed E-state index contributed by atoms with van der Waals surface area (Å²) in [6.45, 7) is 0. The monoisotopic (exact) mass is 498 g/mol. The molecule has 1 aromatic heterocycles. The molecule has 3 heterocycles. The molecular formula is C28H27ClN6O. The molecule has 6 rings (SSSR count). The van der Waals surface area contributed by atoms with Crippen molar-refractivity contribution in [1.82, 2.24) is 14.8 Å². The number of ether oxygens (including phenoxy) is 1. The maximum atomic E-state index is 6.71. The lowest BCUT2D eigenvalue weighted by Crippen LogP contribution is -2.32. The van der Waals surface area contributed by atoms with Crippen LogP contribution in [0.1, 0.15) is 28.8 Å². The van der Waals surface area contributed by atoms with Crippen LogP contribution in [0.3, 0.4) is 0 Å². The highest BCUT2D eigenvalue weighted by Crippen LogP contribution is 2.51. The van der Waals surface area contributed by atoms with E-state index in [1.54, 1.807) is 6.33 Å². The number of anilines is 3. The van der Waals surface area contributed by atoms with E-state index in [4.69, 9.17) is 16.3 Å². The molecule has 0 aliphatic carbocycles. The summed E-state index contributed by atoms with van der Waals surface area (Å²) in [6, 6.07) is 22.6. The van der Waals surface area contributed by atoms with Gasteiger partial charge in [-0.05, 0) is 53.6 Å². The van der Waals surface area contributed by atoms with Crippen LogP contribution in [0.15, 0.2) is 78.6 Å². The molecule has 182 valence electrons. The molecule has 0 amide bonds. The minimum atomic E-state index is -0.326. The predicted octanol–water partition coefficient (Wildman–Crippen LogP) is 5.62. The van der Waals surface area contributed by atoms with Crippen molar-refractivity contribution in [3.63, 3.8) is 0 Å². The first-order valence-corrected chi connectivity index (χ1v) is 12.2. The molecular weight excluding hydrogens is 472 g/mol. The van der Waals surface area contributed by atoms with E-state index in [2.05, 4.69) is 73.7 Å². The number of hydrogen-bond donors (Lipinski definition) is 1. The van der Waals surface area contributed by atoms with Crippen molar-refractivity contribution >= 4 is 34.6 Å². The Bertz CT molecular complexity index is 1460. The Morgan fingerprint density at radius 1 is 0.861 bits per heavy atom. The van der Waals surface area contributed by atoms with Crippen LogP contribution < -0.4 is 19.9 Å². The second-order valence-electron chi connectivity index (χ2n) is 9.50. The summed E-state index contributed by atoms with van der Waals surface area (Å²) in [5.41, 5.74) is 7.38. The van der Waals surface area contributed by atoms with E-state index >= 15 is 0 Å². The van der Waals surface area contributed by atoms with Crippen molar-refractivity contribution in [2.75, 3.05) is 43.3 Å². The van der Waals surface area contributed by atoms with Gasteiger partial charge in [-0.2, -0.15) is 10.1 Å². The van der Waals surface area contributed by atoms with Gasteiger partial charge in [0.05, 0.1) is 5.70 Å². The van der Waals surface area contributed by atoms with Gasteiger partial charge in [0.1, 0.15) is 24.2 Å². The zero-order chi connectivity index (χ0) is 25.0.